The number of nitrogens with one attached hydrogen (secondary N) is 1. The largest absolute Gasteiger partial charge is 0.497 e. The van der Waals surface area contributed by atoms with Crippen LogP contribution >= 0.6 is 0 Å². The van der Waals surface area contributed by atoms with E-state index in [4.69, 9.17) is 10.5 Å². The molecule has 0 unspecified atom stereocenters. The maximum absolute atomic E-state index is 5.72. The summed E-state index contributed by atoms with van der Waals surface area (Å²) in [5, 5.41) is 3.15. The Morgan fingerprint density at radius 2 is 2.06 bits per heavy atom. The molecule has 0 spiro atoms. The summed E-state index contributed by atoms with van der Waals surface area (Å²) >= 11 is 0. The predicted molar refractivity (Wildman–Crippen MR) is 66.8 cm³/mol. The lowest BCUT2D eigenvalue weighted by molar-refractivity contribution is 0.414. The Balaban J connectivity index is 2.00. The summed E-state index contributed by atoms with van der Waals surface area (Å²) in [4.78, 5) is 7.89. The van der Waals surface area contributed by atoms with Crippen LogP contribution in [-0.4, -0.2) is 17.1 Å². The van der Waals surface area contributed by atoms with Crippen LogP contribution < -0.4 is 15.8 Å². The Morgan fingerprint density at radius 1 is 1.29 bits per heavy atom. The van der Waals surface area contributed by atoms with Crippen molar-refractivity contribution in [3.8, 4) is 5.75 Å². The molecule has 1 aromatic carbocycles. The van der Waals surface area contributed by atoms with Crippen molar-refractivity contribution in [2.75, 3.05) is 18.2 Å². The van der Waals surface area contributed by atoms with E-state index < -0.39 is 0 Å². The molecule has 0 fully saturated rings. The molecule has 1 heterocycles. The first-order valence-corrected chi connectivity index (χ1v) is 5.22. The average Bonchev–Trinajstić information content (AvgIpc) is 2.38. The topological polar surface area (TPSA) is 73.1 Å². The summed E-state index contributed by atoms with van der Waals surface area (Å²) in [5.74, 6) is 1.49. The second kappa shape index (κ2) is 5.16. The quantitative estimate of drug-likeness (QED) is 0.836. The van der Waals surface area contributed by atoms with E-state index in [1.54, 1.807) is 13.3 Å². The van der Waals surface area contributed by atoms with Crippen LogP contribution in [0, 0.1) is 0 Å². The Kier molecular flexibility index (Phi) is 3.40. The molecule has 5 nitrogen and oxygen atoms in total. The summed E-state index contributed by atoms with van der Waals surface area (Å²) in [6.45, 7) is 0.658. The van der Waals surface area contributed by atoms with Crippen molar-refractivity contribution in [2.24, 2.45) is 0 Å². The average molecular weight is 230 g/mol. The van der Waals surface area contributed by atoms with Gasteiger partial charge >= 0.3 is 0 Å². The second-order valence-corrected chi connectivity index (χ2v) is 3.53. The maximum Gasteiger partial charge on any atom is 0.152 e. The van der Waals surface area contributed by atoms with E-state index in [1.165, 1.54) is 6.33 Å². The Labute approximate surface area is 99.7 Å². The molecule has 0 saturated carbocycles. The van der Waals surface area contributed by atoms with Crippen molar-refractivity contribution < 1.29 is 4.74 Å². The van der Waals surface area contributed by atoms with Crippen LogP contribution in [0.2, 0.25) is 0 Å². The maximum atomic E-state index is 5.72. The van der Waals surface area contributed by atoms with Gasteiger partial charge in [0.2, 0.25) is 0 Å². The molecule has 17 heavy (non-hydrogen) atoms. The van der Waals surface area contributed by atoms with E-state index in [2.05, 4.69) is 15.3 Å². The van der Waals surface area contributed by atoms with E-state index in [1.807, 2.05) is 24.3 Å². The van der Waals surface area contributed by atoms with E-state index in [9.17, 15) is 0 Å². The summed E-state index contributed by atoms with van der Waals surface area (Å²) in [7, 11) is 1.65. The zero-order valence-corrected chi connectivity index (χ0v) is 9.55. The molecule has 0 saturated heterocycles. The van der Waals surface area contributed by atoms with Crippen molar-refractivity contribution in [3.63, 3.8) is 0 Å². The predicted octanol–water partition coefficient (Wildman–Crippen LogP) is 1.68. The van der Waals surface area contributed by atoms with Gasteiger partial charge in [0.25, 0.3) is 0 Å². The number of nitrogens with two attached hydrogens (primary N) is 1. The minimum Gasteiger partial charge on any atom is -0.497 e. The van der Waals surface area contributed by atoms with Gasteiger partial charge in [-0.15, -0.1) is 0 Å². The molecule has 0 radical (unpaired) electrons. The summed E-state index contributed by atoms with van der Waals surface area (Å²) < 4.78 is 5.09. The number of ether oxygens (including phenoxy) is 1. The zero-order chi connectivity index (χ0) is 12.1. The molecular formula is C12H14N4O. The molecule has 2 rings (SSSR count). The number of aromatic nitrogens is 2. The Morgan fingerprint density at radius 3 is 2.71 bits per heavy atom. The fourth-order valence-corrected chi connectivity index (χ4v) is 1.42. The number of nitrogens with zero attached hydrogens (tertiary/aromatic N) is 2. The zero-order valence-electron chi connectivity index (χ0n) is 9.55. The number of methoxy groups -OCH3 is 1. The first kappa shape index (κ1) is 11.2. The van der Waals surface area contributed by atoms with Crippen LogP contribution in [0.25, 0.3) is 0 Å². The lowest BCUT2D eigenvalue weighted by Crippen LogP contribution is -2.04. The summed E-state index contributed by atoms with van der Waals surface area (Å²) in [6, 6.07) is 7.81. The van der Waals surface area contributed by atoms with Gasteiger partial charge in [0.15, 0.2) is 5.82 Å². The third-order valence-electron chi connectivity index (χ3n) is 2.36. The number of nitrogen functional groups attached to an aromatic ring is 1. The lowest BCUT2D eigenvalue weighted by atomic mass is 10.2. The SMILES string of the molecule is COc1ccc(CNc2ncncc2N)cc1. The number of hydrogen-bond donors (Lipinski definition) is 2. The van der Waals surface area contributed by atoms with Gasteiger partial charge in [-0.1, -0.05) is 12.1 Å². The van der Waals surface area contributed by atoms with Gasteiger partial charge in [0.05, 0.1) is 19.0 Å². The molecule has 88 valence electrons. The third kappa shape index (κ3) is 2.84. The van der Waals surface area contributed by atoms with Crippen molar-refractivity contribution in [3.05, 3.63) is 42.4 Å². The highest BCUT2D eigenvalue weighted by atomic mass is 16.5. The third-order valence-corrected chi connectivity index (χ3v) is 2.36. The molecule has 0 aliphatic carbocycles. The molecule has 0 aliphatic heterocycles. The highest BCUT2D eigenvalue weighted by Crippen LogP contribution is 2.15. The van der Waals surface area contributed by atoms with Crippen molar-refractivity contribution in [1.29, 1.82) is 0 Å². The summed E-state index contributed by atoms with van der Waals surface area (Å²) in [6.07, 6.45) is 3.04. The number of hydrogen-bond acceptors (Lipinski definition) is 5. The van der Waals surface area contributed by atoms with Crippen LogP contribution in [0.3, 0.4) is 0 Å². The van der Waals surface area contributed by atoms with Gasteiger partial charge in [-0.25, -0.2) is 9.97 Å². The van der Waals surface area contributed by atoms with Crippen molar-refractivity contribution >= 4 is 11.5 Å². The van der Waals surface area contributed by atoms with Gasteiger partial charge in [-0.3, -0.25) is 0 Å². The van der Waals surface area contributed by atoms with Crippen molar-refractivity contribution in [1.82, 2.24) is 9.97 Å². The molecule has 0 amide bonds. The first-order valence-electron chi connectivity index (χ1n) is 5.22. The van der Waals surface area contributed by atoms with Gasteiger partial charge < -0.3 is 15.8 Å². The van der Waals surface area contributed by atoms with Crippen LogP contribution in [0.5, 0.6) is 5.75 Å². The van der Waals surface area contributed by atoms with Gasteiger partial charge in [0, 0.05) is 6.54 Å². The highest BCUT2D eigenvalue weighted by molar-refractivity contribution is 5.59. The standard InChI is InChI=1S/C12H14N4O/c1-17-10-4-2-9(3-5-10)6-15-12-11(13)7-14-8-16-12/h2-5,7-8H,6,13H2,1H3,(H,14,15,16). The van der Waals surface area contributed by atoms with Crippen molar-refractivity contribution in [2.45, 2.75) is 6.54 Å². The minimum absolute atomic E-state index is 0.543. The van der Waals surface area contributed by atoms with Crippen LogP contribution in [0.1, 0.15) is 5.56 Å². The highest BCUT2D eigenvalue weighted by Gasteiger charge is 1.99. The molecule has 2 aromatic rings. The monoisotopic (exact) mass is 230 g/mol. The number of rotatable bonds is 4. The minimum atomic E-state index is 0.543. The van der Waals surface area contributed by atoms with E-state index in [0.29, 0.717) is 18.1 Å². The second-order valence-electron chi connectivity index (χ2n) is 3.53. The van der Waals surface area contributed by atoms with Crippen LogP contribution in [-0.2, 0) is 6.54 Å². The van der Waals surface area contributed by atoms with Gasteiger partial charge in [-0.2, -0.15) is 0 Å². The van der Waals surface area contributed by atoms with Gasteiger partial charge in [-0.05, 0) is 17.7 Å². The fraction of sp³-hybridized carbons (Fsp3) is 0.167. The van der Waals surface area contributed by atoms with Crippen LogP contribution in [0.15, 0.2) is 36.8 Å². The molecule has 3 N–H and O–H groups in total. The molecular weight excluding hydrogens is 216 g/mol. The van der Waals surface area contributed by atoms with Crippen LogP contribution in [0.4, 0.5) is 11.5 Å². The summed E-state index contributed by atoms with van der Waals surface area (Å²) in [5.41, 5.74) is 7.39. The first-order chi connectivity index (χ1) is 8.29. The number of benzene rings is 1. The molecule has 1 aromatic heterocycles. The molecule has 0 bridgehead atoms. The van der Waals surface area contributed by atoms with Gasteiger partial charge in [0.1, 0.15) is 12.1 Å². The number of anilines is 2. The smallest absolute Gasteiger partial charge is 0.152 e. The molecule has 5 heteroatoms. The normalized spacial score (nSPS) is 9.94. The molecule has 0 aliphatic rings. The van der Waals surface area contributed by atoms with E-state index in [-0.39, 0.29) is 0 Å². The Hall–Kier alpha value is -2.30. The molecule has 0 atom stereocenters. The Bertz CT molecular complexity index is 484. The van der Waals surface area contributed by atoms with E-state index in [0.717, 1.165) is 11.3 Å². The fourth-order valence-electron chi connectivity index (χ4n) is 1.42. The van der Waals surface area contributed by atoms with E-state index >= 15 is 0 Å². The lowest BCUT2D eigenvalue weighted by Gasteiger charge is -2.07.